The van der Waals surface area contributed by atoms with Crippen molar-refractivity contribution < 1.29 is 9.53 Å². The summed E-state index contributed by atoms with van der Waals surface area (Å²) >= 11 is 0. The van der Waals surface area contributed by atoms with E-state index in [2.05, 4.69) is 22.7 Å². The van der Waals surface area contributed by atoms with Crippen molar-refractivity contribution in [3.05, 3.63) is 36.0 Å². The lowest BCUT2D eigenvalue weighted by Crippen LogP contribution is -2.32. The largest absolute Gasteiger partial charge is 0.496 e. The lowest BCUT2D eigenvalue weighted by atomic mass is 10.1. The molecule has 0 fully saturated rings. The molecule has 2 aromatic rings. The number of amides is 1. The number of aryl methyl sites for hydroxylation is 1. The quantitative estimate of drug-likeness (QED) is 0.715. The van der Waals surface area contributed by atoms with Gasteiger partial charge in [0.2, 0.25) is 0 Å². The third kappa shape index (κ3) is 4.97. The molecular weight excluding hydrogens is 328 g/mol. The number of aromatic nitrogens is 2. The van der Waals surface area contributed by atoms with Crippen LogP contribution >= 0.6 is 12.4 Å². The highest BCUT2D eigenvalue weighted by Crippen LogP contribution is 2.30. The van der Waals surface area contributed by atoms with Gasteiger partial charge in [0.1, 0.15) is 11.4 Å². The monoisotopic (exact) mass is 352 g/mol. The maximum atomic E-state index is 12.5. The lowest BCUT2D eigenvalue weighted by molar-refractivity contribution is 0.0954. The molecule has 1 amide bonds. The van der Waals surface area contributed by atoms with E-state index in [1.165, 1.54) is 0 Å². The van der Waals surface area contributed by atoms with Gasteiger partial charge in [0.05, 0.1) is 12.7 Å². The fourth-order valence-electron chi connectivity index (χ4n) is 2.36. The number of ether oxygens (including phenoxy) is 1. The van der Waals surface area contributed by atoms with Gasteiger partial charge < -0.3 is 15.4 Å². The van der Waals surface area contributed by atoms with Crippen LogP contribution in [0.2, 0.25) is 0 Å². The molecule has 2 N–H and O–H groups in total. The van der Waals surface area contributed by atoms with E-state index in [-0.39, 0.29) is 18.3 Å². The van der Waals surface area contributed by atoms with Crippen molar-refractivity contribution in [1.29, 1.82) is 0 Å². The fraction of sp³-hybridized carbons (Fsp3) is 0.412. The van der Waals surface area contributed by atoms with Crippen molar-refractivity contribution in [2.24, 2.45) is 7.05 Å². The number of hydrogen-bond acceptors (Lipinski definition) is 4. The van der Waals surface area contributed by atoms with Crippen molar-refractivity contribution in [3.8, 4) is 17.0 Å². The Kier molecular flexibility index (Phi) is 8.29. The number of rotatable bonds is 8. The molecule has 0 aliphatic rings. The highest BCUT2D eigenvalue weighted by atomic mass is 35.5. The first-order valence-corrected chi connectivity index (χ1v) is 7.83. The van der Waals surface area contributed by atoms with Crippen molar-refractivity contribution in [2.45, 2.75) is 13.3 Å². The van der Waals surface area contributed by atoms with Gasteiger partial charge in [0.25, 0.3) is 5.91 Å². The Morgan fingerprint density at radius 3 is 2.71 bits per heavy atom. The number of carbonyl (C=O) groups is 1. The van der Waals surface area contributed by atoms with Crippen molar-refractivity contribution >= 4 is 18.3 Å². The smallest absolute Gasteiger partial charge is 0.255 e. The van der Waals surface area contributed by atoms with E-state index < -0.39 is 0 Å². The van der Waals surface area contributed by atoms with E-state index in [1.54, 1.807) is 25.0 Å². The molecule has 6 nitrogen and oxygen atoms in total. The molecule has 0 radical (unpaired) electrons. The number of methoxy groups -OCH3 is 1. The normalized spacial score (nSPS) is 10.1. The molecule has 7 heteroatoms. The Morgan fingerprint density at radius 1 is 1.25 bits per heavy atom. The van der Waals surface area contributed by atoms with Crippen LogP contribution in [0.15, 0.2) is 30.5 Å². The second-order valence-electron chi connectivity index (χ2n) is 5.27. The molecule has 0 bridgehead atoms. The SMILES string of the molecule is CCCNCCNC(=O)c1cn(C)nc1-c1ccccc1OC.Cl. The minimum absolute atomic E-state index is 0. The number of nitrogens with one attached hydrogen (secondary N) is 2. The molecule has 0 saturated carbocycles. The number of para-hydroxylation sites is 1. The van der Waals surface area contributed by atoms with Gasteiger partial charge in [-0.3, -0.25) is 9.48 Å². The number of nitrogens with zero attached hydrogens (tertiary/aromatic N) is 2. The van der Waals surface area contributed by atoms with Crippen molar-refractivity contribution in [2.75, 3.05) is 26.7 Å². The fourth-order valence-corrected chi connectivity index (χ4v) is 2.36. The van der Waals surface area contributed by atoms with E-state index in [0.29, 0.717) is 23.6 Å². The van der Waals surface area contributed by atoms with Crippen LogP contribution in [0.3, 0.4) is 0 Å². The van der Waals surface area contributed by atoms with E-state index >= 15 is 0 Å². The average molecular weight is 353 g/mol. The third-order valence-electron chi connectivity index (χ3n) is 3.45. The summed E-state index contributed by atoms with van der Waals surface area (Å²) in [5, 5.41) is 10.6. The van der Waals surface area contributed by atoms with Gasteiger partial charge >= 0.3 is 0 Å². The zero-order valence-electron chi connectivity index (χ0n) is 14.3. The Balaban J connectivity index is 0.00000288. The molecule has 2 rings (SSSR count). The van der Waals surface area contributed by atoms with Crippen LogP contribution in [0.25, 0.3) is 11.3 Å². The first kappa shape index (κ1) is 20.0. The van der Waals surface area contributed by atoms with Crippen LogP contribution < -0.4 is 15.4 Å². The van der Waals surface area contributed by atoms with Gasteiger partial charge in [-0.15, -0.1) is 12.4 Å². The predicted octanol–water partition coefficient (Wildman–Crippen LogP) is 2.25. The molecular formula is C17H25ClN4O2. The zero-order chi connectivity index (χ0) is 16.7. The molecule has 0 aliphatic carbocycles. The van der Waals surface area contributed by atoms with E-state index in [1.807, 2.05) is 24.3 Å². The van der Waals surface area contributed by atoms with Crippen LogP contribution in [0.4, 0.5) is 0 Å². The van der Waals surface area contributed by atoms with Gasteiger partial charge in [-0.2, -0.15) is 5.10 Å². The number of benzene rings is 1. The van der Waals surface area contributed by atoms with E-state index in [0.717, 1.165) is 25.1 Å². The van der Waals surface area contributed by atoms with Gasteiger partial charge in [-0.25, -0.2) is 0 Å². The van der Waals surface area contributed by atoms with Crippen LogP contribution in [0.5, 0.6) is 5.75 Å². The summed E-state index contributed by atoms with van der Waals surface area (Å²) in [6.07, 6.45) is 2.81. The standard InChI is InChI=1S/C17H24N4O2.ClH/c1-4-9-18-10-11-19-17(22)14-12-21(2)20-16(14)13-7-5-6-8-15(13)23-3;/h5-8,12,18H,4,9-11H2,1-3H3,(H,19,22);1H. The van der Waals surface area contributed by atoms with Gasteiger partial charge in [0.15, 0.2) is 0 Å². The topological polar surface area (TPSA) is 68.2 Å². The zero-order valence-corrected chi connectivity index (χ0v) is 15.2. The maximum Gasteiger partial charge on any atom is 0.255 e. The summed E-state index contributed by atoms with van der Waals surface area (Å²) in [6.45, 7) is 4.40. The van der Waals surface area contributed by atoms with Crippen molar-refractivity contribution in [1.82, 2.24) is 20.4 Å². The summed E-state index contributed by atoms with van der Waals surface area (Å²) < 4.78 is 7.02. The molecule has 1 aromatic heterocycles. The predicted molar refractivity (Wildman–Crippen MR) is 97.9 cm³/mol. The third-order valence-corrected chi connectivity index (χ3v) is 3.45. The number of hydrogen-bond donors (Lipinski definition) is 2. The van der Waals surface area contributed by atoms with Crippen LogP contribution in [0, 0.1) is 0 Å². The maximum absolute atomic E-state index is 12.5. The molecule has 0 saturated heterocycles. The van der Waals surface area contributed by atoms with Gasteiger partial charge in [-0.05, 0) is 25.1 Å². The second-order valence-corrected chi connectivity index (χ2v) is 5.27. The molecule has 1 heterocycles. The summed E-state index contributed by atoms with van der Waals surface area (Å²) in [4.78, 5) is 12.5. The van der Waals surface area contributed by atoms with Crippen LogP contribution in [-0.4, -0.2) is 42.4 Å². The van der Waals surface area contributed by atoms with Gasteiger partial charge in [0, 0.05) is 31.9 Å². The molecule has 0 unspecified atom stereocenters. The molecule has 0 atom stereocenters. The highest BCUT2D eigenvalue weighted by molar-refractivity contribution is 6.00. The van der Waals surface area contributed by atoms with Crippen LogP contribution in [0.1, 0.15) is 23.7 Å². The summed E-state index contributed by atoms with van der Waals surface area (Å²) in [5.41, 5.74) is 1.99. The minimum atomic E-state index is -0.127. The van der Waals surface area contributed by atoms with E-state index in [4.69, 9.17) is 4.74 Å². The van der Waals surface area contributed by atoms with Crippen LogP contribution in [-0.2, 0) is 7.05 Å². The molecule has 0 spiro atoms. The highest BCUT2D eigenvalue weighted by Gasteiger charge is 2.19. The summed E-state index contributed by atoms with van der Waals surface area (Å²) in [6, 6.07) is 7.56. The Bertz CT molecular complexity index is 658. The average Bonchev–Trinajstić information content (AvgIpc) is 2.96. The molecule has 0 aliphatic heterocycles. The lowest BCUT2D eigenvalue weighted by Gasteiger charge is -2.09. The molecule has 24 heavy (non-hydrogen) atoms. The molecule has 132 valence electrons. The first-order chi connectivity index (χ1) is 11.2. The van der Waals surface area contributed by atoms with Gasteiger partial charge in [-0.1, -0.05) is 19.1 Å². The minimum Gasteiger partial charge on any atom is -0.496 e. The Morgan fingerprint density at radius 2 is 2.00 bits per heavy atom. The number of halogens is 1. The summed E-state index contributed by atoms with van der Waals surface area (Å²) in [7, 11) is 3.42. The molecule has 1 aromatic carbocycles. The Hall–Kier alpha value is -2.05. The van der Waals surface area contributed by atoms with E-state index in [9.17, 15) is 4.79 Å². The first-order valence-electron chi connectivity index (χ1n) is 7.83. The second kappa shape index (κ2) is 9.95. The van der Waals surface area contributed by atoms with Crippen molar-refractivity contribution in [3.63, 3.8) is 0 Å². The number of carbonyl (C=O) groups excluding carboxylic acids is 1. The summed E-state index contributed by atoms with van der Waals surface area (Å²) in [5.74, 6) is 0.571. The Labute approximate surface area is 149 Å².